The zero-order valence-corrected chi connectivity index (χ0v) is 16.8. The summed E-state index contributed by atoms with van der Waals surface area (Å²) in [5.41, 5.74) is 9.71. The predicted molar refractivity (Wildman–Crippen MR) is 117 cm³/mol. The molecule has 0 unspecified atom stereocenters. The smallest absolute Gasteiger partial charge is 0.335 e. The van der Waals surface area contributed by atoms with E-state index in [-0.39, 0.29) is 11.4 Å². The van der Waals surface area contributed by atoms with Crippen LogP contribution in [0, 0.1) is 12.7 Å². The minimum atomic E-state index is -1.01. The summed E-state index contributed by atoms with van der Waals surface area (Å²) >= 11 is 0. The Labute approximate surface area is 175 Å². The zero-order valence-electron chi connectivity index (χ0n) is 16.8. The molecule has 4 rings (SSSR count). The molecule has 0 aromatic heterocycles. The summed E-state index contributed by atoms with van der Waals surface area (Å²) in [6.07, 6.45) is 0. The van der Waals surface area contributed by atoms with E-state index in [9.17, 15) is 9.18 Å². The van der Waals surface area contributed by atoms with Crippen molar-refractivity contribution in [2.75, 3.05) is 36.9 Å². The third-order valence-corrected chi connectivity index (χ3v) is 4.92. The number of ether oxygens (including phenoxy) is 1. The Hall–Kier alpha value is -3.38. The average molecular weight is 408 g/mol. The van der Waals surface area contributed by atoms with E-state index in [1.54, 1.807) is 24.3 Å². The molecular formula is C24H25FN2O3. The minimum absolute atomic E-state index is 0.161. The normalized spacial score (nSPS) is 13.3. The van der Waals surface area contributed by atoms with Gasteiger partial charge in [-0.3, -0.25) is 0 Å². The van der Waals surface area contributed by atoms with Gasteiger partial charge in [-0.2, -0.15) is 0 Å². The predicted octanol–water partition coefficient (Wildman–Crippen LogP) is 4.60. The molecule has 1 fully saturated rings. The van der Waals surface area contributed by atoms with Crippen LogP contribution in [0.3, 0.4) is 0 Å². The van der Waals surface area contributed by atoms with E-state index in [2.05, 4.69) is 17.0 Å². The van der Waals surface area contributed by atoms with Crippen LogP contribution in [0.2, 0.25) is 0 Å². The van der Waals surface area contributed by atoms with Crippen LogP contribution in [0.1, 0.15) is 15.9 Å². The van der Waals surface area contributed by atoms with Gasteiger partial charge in [0.15, 0.2) is 0 Å². The van der Waals surface area contributed by atoms with Crippen LogP contribution >= 0.6 is 0 Å². The molecule has 0 amide bonds. The molecule has 1 saturated heterocycles. The van der Waals surface area contributed by atoms with Crippen LogP contribution in [0.4, 0.5) is 15.8 Å². The van der Waals surface area contributed by atoms with Gasteiger partial charge in [0, 0.05) is 30.0 Å². The van der Waals surface area contributed by atoms with Crippen molar-refractivity contribution < 1.29 is 19.0 Å². The van der Waals surface area contributed by atoms with E-state index >= 15 is 0 Å². The third kappa shape index (κ3) is 5.36. The molecule has 3 N–H and O–H groups in total. The fraction of sp³-hybridized carbons (Fsp3) is 0.208. The molecule has 1 heterocycles. The number of hydrogen-bond acceptors (Lipinski definition) is 4. The Morgan fingerprint density at radius 1 is 1.00 bits per heavy atom. The van der Waals surface area contributed by atoms with Crippen molar-refractivity contribution in [3.63, 3.8) is 0 Å². The fourth-order valence-electron chi connectivity index (χ4n) is 3.23. The molecular weight excluding hydrogens is 383 g/mol. The average Bonchev–Trinajstić information content (AvgIpc) is 2.76. The Morgan fingerprint density at radius 2 is 1.67 bits per heavy atom. The lowest BCUT2D eigenvalue weighted by Gasteiger charge is -2.28. The monoisotopic (exact) mass is 408 g/mol. The number of aromatic carboxylic acids is 1. The SMILES string of the molecule is Cc1ccc(C(=O)O)cc1-c1ccccc1F.Nc1ccc(N2CCOCC2)cc1. The summed E-state index contributed by atoms with van der Waals surface area (Å²) in [5, 5.41) is 8.92. The first-order valence-corrected chi connectivity index (χ1v) is 9.73. The van der Waals surface area contributed by atoms with Gasteiger partial charge in [-0.25, -0.2) is 9.18 Å². The lowest BCUT2D eigenvalue weighted by atomic mass is 9.98. The number of hydrogen-bond donors (Lipinski definition) is 2. The lowest BCUT2D eigenvalue weighted by Crippen LogP contribution is -2.36. The number of carboxylic acid groups (broad SMARTS) is 1. The van der Waals surface area contributed by atoms with Crippen LogP contribution in [0.25, 0.3) is 11.1 Å². The number of nitrogens with zero attached hydrogens (tertiary/aromatic N) is 1. The molecule has 0 bridgehead atoms. The first kappa shape index (κ1) is 21.3. The number of carbonyl (C=O) groups is 1. The van der Waals surface area contributed by atoms with Crippen molar-refractivity contribution in [3.8, 4) is 11.1 Å². The van der Waals surface area contributed by atoms with Crippen molar-refractivity contribution in [1.82, 2.24) is 0 Å². The van der Waals surface area contributed by atoms with Crippen LogP contribution in [-0.2, 0) is 4.74 Å². The van der Waals surface area contributed by atoms with Gasteiger partial charge >= 0.3 is 5.97 Å². The number of benzene rings is 3. The third-order valence-electron chi connectivity index (χ3n) is 4.92. The highest BCUT2D eigenvalue weighted by atomic mass is 19.1. The standard InChI is InChI=1S/C14H11FO2.C10H14N2O/c1-9-6-7-10(14(16)17)8-12(9)11-4-2-3-5-13(11)15;11-9-1-3-10(4-2-9)12-5-7-13-8-6-12/h2-8H,1H3,(H,16,17);1-4H,5-8,11H2. The van der Waals surface area contributed by atoms with Crippen molar-refractivity contribution in [2.45, 2.75) is 6.92 Å². The first-order chi connectivity index (χ1) is 14.5. The highest BCUT2D eigenvalue weighted by Gasteiger charge is 2.11. The maximum atomic E-state index is 13.6. The molecule has 1 aliphatic heterocycles. The molecule has 0 saturated carbocycles. The summed E-state index contributed by atoms with van der Waals surface area (Å²) in [6, 6.07) is 19.0. The number of aryl methyl sites for hydroxylation is 1. The number of halogens is 1. The molecule has 3 aromatic carbocycles. The quantitative estimate of drug-likeness (QED) is 0.619. The van der Waals surface area contributed by atoms with Gasteiger partial charge in [0.05, 0.1) is 18.8 Å². The van der Waals surface area contributed by atoms with E-state index in [0.717, 1.165) is 37.6 Å². The molecule has 30 heavy (non-hydrogen) atoms. The van der Waals surface area contributed by atoms with Gasteiger partial charge in [0.1, 0.15) is 5.82 Å². The minimum Gasteiger partial charge on any atom is -0.478 e. The van der Waals surface area contributed by atoms with Gasteiger partial charge in [0.2, 0.25) is 0 Å². The summed E-state index contributed by atoms with van der Waals surface area (Å²) < 4.78 is 18.9. The molecule has 5 nitrogen and oxygen atoms in total. The van der Waals surface area contributed by atoms with E-state index < -0.39 is 5.97 Å². The van der Waals surface area contributed by atoms with E-state index in [4.69, 9.17) is 15.6 Å². The molecule has 0 radical (unpaired) electrons. The highest BCUT2D eigenvalue weighted by Crippen LogP contribution is 2.27. The van der Waals surface area contributed by atoms with Gasteiger partial charge in [-0.05, 0) is 60.5 Å². The number of rotatable bonds is 3. The number of anilines is 2. The van der Waals surface area contributed by atoms with Crippen molar-refractivity contribution in [3.05, 3.63) is 83.7 Å². The maximum absolute atomic E-state index is 13.6. The summed E-state index contributed by atoms with van der Waals surface area (Å²) in [6.45, 7) is 5.43. The zero-order chi connectivity index (χ0) is 21.5. The number of nitrogen functional groups attached to an aromatic ring is 1. The van der Waals surface area contributed by atoms with Gasteiger partial charge < -0.3 is 20.5 Å². The second-order valence-corrected chi connectivity index (χ2v) is 7.01. The Balaban J connectivity index is 0.000000177. The molecule has 1 aliphatic rings. The number of nitrogens with two attached hydrogens (primary N) is 1. The van der Waals surface area contributed by atoms with Crippen LogP contribution in [0.15, 0.2) is 66.7 Å². The molecule has 0 aliphatic carbocycles. The second-order valence-electron chi connectivity index (χ2n) is 7.01. The van der Waals surface area contributed by atoms with Crippen LogP contribution in [-0.4, -0.2) is 37.4 Å². The van der Waals surface area contributed by atoms with Crippen molar-refractivity contribution >= 4 is 17.3 Å². The van der Waals surface area contributed by atoms with Crippen LogP contribution < -0.4 is 10.6 Å². The largest absolute Gasteiger partial charge is 0.478 e. The molecule has 3 aromatic rings. The first-order valence-electron chi connectivity index (χ1n) is 9.73. The lowest BCUT2D eigenvalue weighted by molar-refractivity contribution is 0.0697. The van der Waals surface area contributed by atoms with E-state index in [0.29, 0.717) is 11.1 Å². The Kier molecular flexibility index (Phi) is 7.03. The Bertz CT molecular complexity index is 1000. The molecule has 0 atom stereocenters. The van der Waals surface area contributed by atoms with E-state index in [1.807, 2.05) is 19.1 Å². The Morgan fingerprint density at radius 3 is 2.30 bits per heavy atom. The van der Waals surface area contributed by atoms with E-state index in [1.165, 1.54) is 23.9 Å². The van der Waals surface area contributed by atoms with Gasteiger partial charge in [-0.1, -0.05) is 24.3 Å². The summed E-state index contributed by atoms with van der Waals surface area (Å²) in [4.78, 5) is 13.2. The van der Waals surface area contributed by atoms with Crippen molar-refractivity contribution in [2.24, 2.45) is 0 Å². The fourth-order valence-corrected chi connectivity index (χ4v) is 3.23. The number of carboxylic acids is 1. The van der Waals surface area contributed by atoms with Crippen LogP contribution in [0.5, 0.6) is 0 Å². The topological polar surface area (TPSA) is 75.8 Å². The maximum Gasteiger partial charge on any atom is 0.335 e. The molecule has 6 heteroatoms. The van der Waals surface area contributed by atoms with Crippen molar-refractivity contribution in [1.29, 1.82) is 0 Å². The summed E-state index contributed by atoms with van der Waals surface area (Å²) in [7, 11) is 0. The second kappa shape index (κ2) is 9.89. The number of morpholine rings is 1. The van der Waals surface area contributed by atoms with Gasteiger partial charge in [0.25, 0.3) is 0 Å². The molecule has 156 valence electrons. The highest BCUT2D eigenvalue weighted by molar-refractivity contribution is 5.90. The molecule has 0 spiro atoms. The van der Waals surface area contributed by atoms with Gasteiger partial charge in [-0.15, -0.1) is 0 Å². The summed E-state index contributed by atoms with van der Waals surface area (Å²) in [5.74, 6) is -1.36.